The minimum absolute atomic E-state index is 0.584. The van der Waals surface area contributed by atoms with Gasteiger partial charge in [-0.1, -0.05) is 0 Å². The number of ether oxygens (including phenoxy) is 2. The van der Waals surface area contributed by atoms with Crippen LogP contribution < -0.4 is 9.47 Å². The van der Waals surface area contributed by atoms with Gasteiger partial charge in [0.05, 0.1) is 19.8 Å². The van der Waals surface area contributed by atoms with Gasteiger partial charge in [-0.25, -0.2) is 4.98 Å². The van der Waals surface area contributed by atoms with Gasteiger partial charge in [0.2, 0.25) is 5.88 Å². The zero-order valence-electron chi connectivity index (χ0n) is 7.22. The summed E-state index contributed by atoms with van der Waals surface area (Å²) in [6.45, 7) is 1.90. The van der Waals surface area contributed by atoms with Crippen LogP contribution in [0.15, 0.2) is 10.7 Å². The van der Waals surface area contributed by atoms with E-state index in [9.17, 15) is 0 Å². The summed E-state index contributed by atoms with van der Waals surface area (Å²) < 4.78 is 10.9. The number of nitrogens with zero attached hydrogens (tertiary/aromatic N) is 1. The molecule has 1 aromatic rings. The predicted octanol–water partition coefficient (Wildman–Crippen LogP) is 2.17. The van der Waals surface area contributed by atoms with Crippen molar-refractivity contribution in [3.8, 4) is 11.6 Å². The van der Waals surface area contributed by atoms with Crippen molar-refractivity contribution in [1.82, 2.24) is 4.98 Å². The highest BCUT2D eigenvalue weighted by atomic mass is 79.9. The van der Waals surface area contributed by atoms with Crippen molar-refractivity contribution >= 4 is 15.9 Å². The Bertz CT molecular complexity index is 263. The molecular formula is C8H10BrNO2. The second kappa shape index (κ2) is 3.76. The maximum absolute atomic E-state index is 5.12. The fourth-order valence-electron chi connectivity index (χ4n) is 0.946. The zero-order valence-corrected chi connectivity index (χ0v) is 8.81. The van der Waals surface area contributed by atoms with E-state index in [0.29, 0.717) is 10.5 Å². The highest BCUT2D eigenvalue weighted by molar-refractivity contribution is 9.10. The Morgan fingerprint density at radius 3 is 2.50 bits per heavy atom. The summed E-state index contributed by atoms with van der Waals surface area (Å²) in [5.74, 6) is 1.36. The molecule has 0 spiro atoms. The number of halogens is 1. The third-order valence-corrected chi connectivity index (χ3v) is 1.97. The number of methoxy groups -OCH3 is 2. The topological polar surface area (TPSA) is 31.4 Å². The first-order chi connectivity index (χ1) is 5.69. The summed E-state index contributed by atoms with van der Waals surface area (Å²) in [6, 6.07) is 1.80. The molecule has 0 amide bonds. The highest BCUT2D eigenvalue weighted by Gasteiger charge is 2.07. The maximum atomic E-state index is 5.12. The second-order valence-electron chi connectivity index (χ2n) is 2.28. The molecule has 0 aromatic carbocycles. The van der Waals surface area contributed by atoms with Gasteiger partial charge in [-0.05, 0) is 22.9 Å². The molecule has 0 saturated carbocycles. The Balaban J connectivity index is 3.22. The maximum Gasteiger partial charge on any atom is 0.220 e. The summed E-state index contributed by atoms with van der Waals surface area (Å²) in [5.41, 5.74) is 0.906. The van der Waals surface area contributed by atoms with Gasteiger partial charge in [-0.3, -0.25) is 0 Å². The van der Waals surface area contributed by atoms with E-state index in [1.165, 1.54) is 0 Å². The summed E-state index contributed by atoms with van der Waals surface area (Å²) in [7, 11) is 3.20. The Hall–Kier alpha value is -0.770. The van der Waals surface area contributed by atoms with Gasteiger partial charge in [0.1, 0.15) is 10.4 Å². The van der Waals surface area contributed by atoms with Crippen LogP contribution in [0, 0.1) is 6.92 Å². The summed E-state index contributed by atoms with van der Waals surface area (Å²) >= 11 is 3.26. The SMILES string of the molecule is COc1cc(Br)nc(OC)c1C. The molecule has 1 heterocycles. The van der Waals surface area contributed by atoms with E-state index in [4.69, 9.17) is 9.47 Å². The summed E-state index contributed by atoms with van der Waals surface area (Å²) in [5, 5.41) is 0. The number of hydrogen-bond donors (Lipinski definition) is 0. The Labute approximate surface area is 79.8 Å². The molecule has 66 valence electrons. The summed E-state index contributed by atoms with van der Waals surface area (Å²) in [6.07, 6.45) is 0. The molecule has 0 aliphatic rings. The van der Waals surface area contributed by atoms with Crippen molar-refractivity contribution in [2.45, 2.75) is 6.92 Å². The number of aromatic nitrogens is 1. The predicted molar refractivity (Wildman–Crippen MR) is 49.8 cm³/mol. The van der Waals surface area contributed by atoms with Crippen LogP contribution in [0.4, 0.5) is 0 Å². The molecule has 0 fully saturated rings. The fourth-order valence-corrected chi connectivity index (χ4v) is 1.31. The van der Waals surface area contributed by atoms with E-state index in [-0.39, 0.29) is 0 Å². The smallest absolute Gasteiger partial charge is 0.220 e. The van der Waals surface area contributed by atoms with E-state index in [1.807, 2.05) is 6.92 Å². The molecule has 12 heavy (non-hydrogen) atoms. The highest BCUT2D eigenvalue weighted by Crippen LogP contribution is 2.28. The van der Waals surface area contributed by atoms with Crippen molar-refractivity contribution in [3.05, 3.63) is 16.2 Å². The first-order valence-electron chi connectivity index (χ1n) is 3.44. The lowest BCUT2D eigenvalue weighted by molar-refractivity contribution is 0.375. The quantitative estimate of drug-likeness (QED) is 0.732. The average Bonchev–Trinajstić information content (AvgIpc) is 2.08. The number of hydrogen-bond acceptors (Lipinski definition) is 3. The molecule has 0 bridgehead atoms. The Kier molecular flexibility index (Phi) is 2.92. The third kappa shape index (κ3) is 1.69. The molecular weight excluding hydrogens is 222 g/mol. The average molecular weight is 232 g/mol. The van der Waals surface area contributed by atoms with E-state index in [1.54, 1.807) is 20.3 Å². The standard InChI is InChI=1S/C8H10BrNO2/c1-5-6(11-2)4-7(9)10-8(5)12-3/h4H,1-3H3. The van der Waals surface area contributed by atoms with Crippen molar-refractivity contribution < 1.29 is 9.47 Å². The Morgan fingerprint density at radius 2 is 2.00 bits per heavy atom. The fraction of sp³-hybridized carbons (Fsp3) is 0.375. The molecule has 1 aromatic heterocycles. The van der Waals surface area contributed by atoms with Gasteiger partial charge in [-0.2, -0.15) is 0 Å². The summed E-state index contributed by atoms with van der Waals surface area (Å²) in [4.78, 5) is 4.11. The lowest BCUT2D eigenvalue weighted by atomic mass is 10.3. The molecule has 0 unspecified atom stereocenters. The molecule has 4 heteroatoms. The molecule has 0 aliphatic carbocycles. The van der Waals surface area contributed by atoms with Crippen LogP contribution in [0.5, 0.6) is 11.6 Å². The minimum atomic E-state index is 0.584. The van der Waals surface area contributed by atoms with Gasteiger partial charge >= 0.3 is 0 Å². The minimum Gasteiger partial charge on any atom is -0.496 e. The van der Waals surface area contributed by atoms with Crippen molar-refractivity contribution in [1.29, 1.82) is 0 Å². The van der Waals surface area contributed by atoms with Gasteiger partial charge in [0.25, 0.3) is 0 Å². The first-order valence-corrected chi connectivity index (χ1v) is 4.23. The normalized spacial score (nSPS) is 9.67. The molecule has 0 atom stereocenters. The largest absolute Gasteiger partial charge is 0.496 e. The van der Waals surface area contributed by atoms with E-state index >= 15 is 0 Å². The van der Waals surface area contributed by atoms with Crippen LogP contribution in [0.3, 0.4) is 0 Å². The van der Waals surface area contributed by atoms with Crippen molar-refractivity contribution in [2.75, 3.05) is 14.2 Å². The third-order valence-electron chi connectivity index (χ3n) is 1.56. The second-order valence-corrected chi connectivity index (χ2v) is 3.09. The molecule has 3 nitrogen and oxygen atoms in total. The monoisotopic (exact) mass is 231 g/mol. The lowest BCUT2D eigenvalue weighted by Gasteiger charge is -2.08. The van der Waals surface area contributed by atoms with Crippen molar-refractivity contribution in [2.24, 2.45) is 0 Å². The molecule has 0 saturated heterocycles. The van der Waals surface area contributed by atoms with Crippen LogP contribution in [-0.2, 0) is 0 Å². The molecule has 1 rings (SSSR count). The van der Waals surface area contributed by atoms with Crippen LogP contribution in [0.25, 0.3) is 0 Å². The van der Waals surface area contributed by atoms with E-state index in [2.05, 4.69) is 20.9 Å². The van der Waals surface area contributed by atoms with Gasteiger partial charge in [0, 0.05) is 6.07 Å². The van der Waals surface area contributed by atoms with Crippen LogP contribution >= 0.6 is 15.9 Å². The first kappa shape index (κ1) is 9.32. The van der Waals surface area contributed by atoms with Crippen LogP contribution in [-0.4, -0.2) is 19.2 Å². The molecule has 0 N–H and O–H groups in total. The lowest BCUT2D eigenvalue weighted by Crippen LogP contribution is -1.95. The Morgan fingerprint density at radius 1 is 1.33 bits per heavy atom. The van der Waals surface area contributed by atoms with Gasteiger partial charge in [-0.15, -0.1) is 0 Å². The number of pyridine rings is 1. The molecule has 0 radical (unpaired) electrons. The van der Waals surface area contributed by atoms with Gasteiger partial charge < -0.3 is 9.47 Å². The number of rotatable bonds is 2. The zero-order chi connectivity index (χ0) is 9.14. The van der Waals surface area contributed by atoms with E-state index < -0.39 is 0 Å². The molecule has 0 aliphatic heterocycles. The van der Waals surface area contributed by atoms with Gasteiger partial charge in [0.15, 0.2) is 0 Å². The van der Waals surface area contributed by atoms with Crippen molar-refractivity contribution in [3.63, 3.8) is 0 Å². The van der Waals surface area contributed by atoms with Crippen LogP contribution in [0.1, 0.15) is 5.56 Å². The van der Waals surface area contributed by atoms with Crippen LogP contribution in [0.2, 0.25) is 0 Å². The van der Waals surface area contributed by atoms with E-state index in [0.717, 1.165) is 11.3 Å².